The van der Waals surface area contributed by atoms with Crippen LogP contribution >= 0.6 is 11.8 Å². The monoisotopic (exact) mass is 375 g/mol. The minimum Gasteiger partial charge on any atom is -0.508 e. The molecule has 1 aromatic heterocycles. The number of carbonyl (C=O) groups is 1. The molecule has 0 radical (unpaired) electrons. The number of tetrazole rings is 1. The molecule has 0 bridgehead atoms. The second-order valence-corrected chi connectivity index (χ2v) is 7.70. The largest absolute Gasteiger partial charge is 0.508 e. The van der Waals surface area contributed by atoms with Crippen LogP contribution < -0.4 is 0 Å². The molecular formula is C18H25N5O2S. The molecule has 3 rings (SSSR count). The lowest BCUT2D eigenvalue weighted by Crippen LogP contribution is -2.38. The Kier molecular flexibility index (Phi) is 6.49. The van der Waals surface area contributed by atoms with Gasteiger partial charge in [0.25, 0.3) is 0 Å². The van der Waals surface area contributed by atoms with Crippen molar-refractivity contribution in [1.29, 1.82) is 0 Å². The summed E-state index contributed by atoms with van der Waals surface area (Å²) in [7, 11) is 1.94. The van der Waals surface area contributed by atoms with Gasteiger partial charge in [0.05, 0.1) is 5.69 Å². The molecule has 26 heavy (non-hydrogen) atoms. The molecule has 1 fully saturated rings. The number of amides is 1. The molecule has 0 aliphatic heterocycles. The molecule has 1 aliphatic carbocycles. The quantitative estimate of drug-likeness (QED) is 0.591. The second kappa shape index (κ2) is 9.02. The fourth-order valence-electron chi connectivity index (χ4n) is 3.26. The van der Waals surface area contributed by atoms with E-state index in [4.69, 9.17) is 0 Å². The third-order valence-electron chi connectivity index (χ3n) is 4.82. The standard InChI is InChI=1S/C18H25N5O2S/c1-22(14-6-3-2-4-7-14)17(25)8-5-13-26-18-19-20-21-23(18)15-9-11-16(24)12-10-15/h9-12,14,24H,2-8,13H2,1H3. The molecule has 1 heterocycles. The number of hydrogen-bond acceptors (Lipinski definition) is 6. The molecule has 1 amide bonds. The molecule has 0 unspecified atom stereocenters. The summed E-state index contributed by atoms with van der Waals surface area (Å²) in [6.07, 6.45) is 7.39. The fourth-order valence-corrected chi connectivity index (χ4v) is 4.09. The van der Waals surface area contributed by atoms with Crippen molar-refractivity contribution in [3.8, 4) is 11.4 Å². The first-order valence-electron chi connectivity index (χ1n) is 9.11. The predicted molar refractivity (Wildman–Crippen MR) is 100 cm³/mol. The number of phenolic OH excluding ortho intramolecular Hbond substituents is 1. The molecule has 140 valence electrons. The molecule has 2 aromatic rings. The van der Waals surface area contributed by atoms with Gasteiger partial charge in [0.15, 0.2) is 0 Å². The van der Waals surface area contributed by atoms with E-state index in [-0.39, 0.29) is 11.7 Å². The smallest absolute Gasteiger partial charge is 0.222 e. The number of carbonyl (C=O) groups excluding carboxylic acids is 1. The van der Waals surface area contributed by atoms with Crippen LogP contribution in [0.3, 0.4) is 0 Å². The number of hydrogen-bond donors (Lipinski definition) is 1. The maximum absolute atomic E-state index is 12.4. The van der Waals surface area contributed by atoms with Gasteiger partial charge in [-0.2, -0.15) is 4.68 Å². The number of nitrogens with zero attached hydrogens (tertiary/aromatic N) is 5. The first kappa shape index (κ1) is 18.7. The van der Waals surface area contributed by atoms with Gasteiger partial charge in [-0.05, 0) is 54.0 Å². The zero-order chi connectivity index (χ0) is 18.4. The van der Waals surface area contributed by atoms with Crippen LogP contribution in [0.15, 0.2) is 29.4 Å². The Balaban J connectivity index is 1.46. The Labute approximate surface area is 157 Å². The van der Waals surface area contributed by atoms with Gasteiger partial charge in [-0.15, -0.1) is 5.10 Å². The molecule has 8 heteroatoms. The Morgan fingerprint density at radius 2 is 2.00 bits per heavy atom. The lowest BCUT2D eigenvalue weighted by molar-refractivity contribution is -0.132. The van der Waals surface area contributed by atoms with Crippen LogP contribution in [0.4, 0.5) is 0 Å². The van der Waals surface area contributed by atoms with Gasteiger partial charge in [-0.1, -0.05) is 31.0 Å². The highest BCUT2D eigenvalue weighted by atomic mass is 32.2. The fraction of sp³-hybridized carbons (Fsp3) is 0.556. The van der Waals surface area contributed by atoms with Gasteiger partial charge in [0.1, 0.15) is 5.75 Å². The molecule has 7 nitrogen and oxygen atoms in total. The topological polar surface area (TPSA) is 84.1 Å². The van der Waals surface area contributed by atoms with Crippen molar-refractivity contribution in [2.45, 2.75) is 56.1 Å². The molecule has 1 N–H and O–H groups in total. The van der Waals surface area contributed by atoms with Gasteiger partial charge in [0, 0.05) is 25.3 Å². The zero-order valence-corrected chi connectivity index (χ0v) is 15.9. The second-order valence-electron chi connectivity index (χ2n) is 6.64. The van der Waals surface area contributed by atoms with E-state index in [1.54, 1.807) is 28.9 Å². The predicted octanol–water partition coefficient (Wildman–Crippen LogP) is 3.03. The van der Waals surface area contributed by atoms with Gasteiger partial charge in [-0.3, -0.25) is 4.79 Å². The van der Waals surface area contributed by atoms with E-state index in [0.717, 1.165) is 30.7 Å². The molecule has 1 aliphatic rings. The van der Waals surface area contributed by atoms with Crippen LogP contribution in [0.2, 0.25) is 0 Å². The van der Waals surface area contributed by atoms with Crippen LogP contribution in [-0.2, 0) is 4.79 Å². The Morgan fingerprint density at radius 3 is 2.73 bits per heavy atom. The van der Waals surface area contributed by atoms with Gasteiger partial charge in [-0.25, -0.2) is 0 Å². The number of aromatic hydroxyl groups is 1. The van der Waals surface area contributed by atoms with E-state index in [2.05, 4.69) is 15.5 Å². The lowest BCUT2D eigenvalue weighted by atomic mass is 9.94. The van der Waals surface area contributed by atoms with Crippen LogP contribution in [0.25, 0.3) is 5.69 Å². The van der Waals surface area contributed by atoms with Crippen LogP contribution in [0, 0.1) is 0 Å². The van der Waals surface area contributed by atoms with Gasteiger partial charge >= 0.3 is 0 Å². The van der Waals surface area contributed by atoms with Gasteiger partial charge in [0.2, 0.25) is 11.1 Å². The molecule has 0 atom stereocenters. The van der Waals surface area contributed by atoms with E-state index >= 15 is 0 Å². The van der Waals surface area contributed by atoms with Crippen LogP contribution in [0.1, 0.15) is 44.9 Å². The Bertz CT molecular complexity index is 713. The number of benzene rings is 1. The number of aromatic nitrogens is 4. The van der Waals surface area contributed by atoms with Crippen molar-refractivity contribution in [1.82, 2.24) is 25.1 Å². The van der Waals surface area contributed by atoms with E-state index in [1.165, 1.54) is 31.0 Å². The molecule has 0 spiro atoms. The Morgan fingerprint density at radius 1 is 1.27 bits per heavy atom. The van der Waals surface area contributed by atoms with Crippen molar-refractivity contribution >= 4 is 17.7 Å². The van der Waals surface area contributed by atoms with E-state index in [1.807, 2.05) is 11.9 Å². The third-order valence-corrected chi connectivity index (χ3v) is 5.82. The first-order valence-corrected chi connectivity index (χ1v) is 10.1. The van der Waals surface area contributed by atoms with E-state index in [9.17, 15) is 9.90 Å². The molecular weight excluding hydrogens is 350 g/mol. The van der Waals surface area contributed by atoms with Crippen LogP contribution in [0.5, 0.6) is 5.75 Å². The molecule has 1 saturated carbocycles. The normalized spacial score (nSPS) is 15.1. The number of phenols is 1. The first-order chi connectivity index (χ1) is 12.6. The average molecular weight is 375 g/mol. The van der Waals surface area contributed by atoms with E-state index < -0.39 is 0 Å². The number of rotatable bonds is 7. The van der Waals surface area contributed by atoms with Crippen molar-refractivity contribution in [3.63, 3.8) is 0 Å². The van der Waals surface area contributed by atoms with E-state index in [0.29, 0.717) is 17.6 Å². The summed E-state index contributed by atoms with van der Waals surface area (Å²) in [6.45, 7) is 0. The minimum atomic E-state index is 0.205. The minimum absolute atomic E-state index is 0.205. The van der Waals surface area contributed by atoms with Crippen molar-refractivity contribution in [2.24, 2.45) is 0 Å². The summed E-state index contributed by atoms with van der Waals surface area (Å²) in [5, 5.41) is 21.8. The molecule has 1 aromatic carbocycles. The summed E-state index contributed by atoms with van der Waals surface area (Å²) in [5.74, 6) is 1.22. The average Bonchev–Trinajstić information content (AvgIpc) is 3.14. The lowest BCUT2D eigenvalue weighted by Gasteiger charge is -2.31. The highest BCUT2D eigenvalue weighted by Gasteiger charge is 2.21. The summed E-state index contributed by atoms with van der Waals surface area (Å²) < 4.78 is 1.64. The highest BCUT2D eigenvalue weighted by Crippen LogP contribution is 2.23. The maximum Gasteiger partial charge on any atom is 0.222 e. The summed E-state index contributed by atoms with van der Waals surface area (Å²) in [6, 6.07) is 7.15. The zero-order valence-electron chi connectivity index (χ0n) is 15.0. The van der Waals surface area contributed by atoms with Gasteiger partial charge < -0.3 is 10.0 Å². The molecule has 0 saturated heterocycles. The maximum atomic E-state index is 12.4. The Hall–Kier alpha value is -2.09. The highest BCUT2D eigenvalue weighted by molar-refractivity contribution is 7.99. The summed E-state index contributed by atoms with van der Waals surface area (Å²) in [5.41, 5.74) is 0.795. The summed E-state index contributed by atoms with van der Waals surface area (Å²) in [4.78, 5) is 14.3. The van der Waals surface area contributed by atoms with Crippen LogP contribution in [-0.4, -0.2) is 55.0 Å². The van der Waals surface area contributed by atoms with Crippen molar-refractivity contribution in [2.75, 3.05) is 12.8 Å². The third kappa shape index (κ3) is 4.75. The van der Waals surface area contributed by atoms with Crippen molar-refractivity contribution < 1.29 is 9.90 Å². The SMILES string of the molecule is CN(C(=O)CCCSc1nnnn1-c1ccc(O)cc1)C1CCCCC1. The van der Waals surface area contributed by atoms with Crippen molar-refractivity contribution in [3.05, 3.63) is 24.3 Å². The summed E-state index contributed by atoms with van der Waals surface area (Å²) >= 11 is 1.54. The number of thioether (sulfide) groups is 1.